The third-order valence-electron chi connectivity index (χ3n) is 3.77. The minimum atomic E-state index is -3.62. The van der Waals surface area contributed by atoms with E-state index in [1.165, 1.54) is 16.6 Å². The third-order valence-corrected chi connectivity index (χ3v) is 5.61. The summed E-state index contributed by atoms with van der Waals surface area (Å²) in [6.45, 7) is 3.23. The van der Waals surface area contributed by atoms with Crippen molar-refractivity contribution in [1.82, 2.24) is 19.1 Å². The fourth-order valence-corrected chi connectivity index (χ4v) is 3.92. The fraction of sp³-hybridized carbons (Fsp3) is 0.467. The Bertz CT molecular complexity index is 788. The second-order valence-electron chi connectivity index (χ2n) is 5.43. The van der Waals surface area contributed by atoms with Crippen molar-refractivity contribution in [3.8, 4) is 5.88 Å². The molecule has 24 heavy (non-hydrogen) atoms. The predicted molar refractivity (Wildman–Crippen MR) is 86.1 cm³/mol. The minimum Gasteiger partial charge on any atom is -0.478 e. The van der Waals surface area contributed by atoms with Crippen molar-refractivity contribution >= 4 is 10.0 Å². The molecule has 1 fully saturated rings. The topological polar surface area (TPSA) is 86.5 Å². The zero-order chi connectivity index (χ0) is 17.2. The lowest BCUT2D eigenvalue weighted by atomic mass is 10.2. The van der Waals surface area contributed by atoms with Crippen molar-refractivity contribution in [3.63, 3.8) is 0 Å². The molecule has 0 aliphatic carbocycles. The molecule has 1 saturated heterocycles. The van der Waals surface area contributed by atoms with Crippen LogP contribution in [0.15, 0.2) is 35.6 Å². The Morgan fingerprint density at radius 2 is 2.21 bits per heavy atom. The molecule has 2 aromatic heterocycles. The normalized spacial score (nSPS) is 19.3. The van der Waals surface area contributed by atoms with Crippen LogP contribution < -0.4 is 4.74 Å². The molecule has 0 unspecified atom stereocenters. The van der Waals surface area contributed by atoms with Crippen molar-refractivity contribution in [3.05, 3.63) is 36.3 Å². The van der Waals surface area contributed by atoms with Crippen molar-refractivity contribution in [2.75, 3.05) is 26.3 Å². The van der Waals surface area contributed by atoms with Gasteiger partial charge in [-0.15, -0.1) is 0 Å². The molecule has 0 radical (unpaired) electrons. The number of nitrogens with zero attached hydrogens (tertiary/aromatic N) is 4. The number of hydrogen-bond donors (Lipinski definition) is 0. The van der Waals surface area contributed by atoms with E-state index in [0.29, 0.717) is 25.6 Å². The average Bonchev–Trinajstić information content (AvgIpc) is 3.02. The Morgan fingerprint density at radius 3 is 2.83 bits per heavy atom. The number of sulfonamides is 1. The van der Waals surface area contributed by atoms with E-state index >= 15 is 0 Å². The van der Waals surface area contributed by atoms with Crippen molar-refractivity contribution in [1.29, 1.82) is 0 Å². The second-order valence-corrected chi connectivity index (χ2v) is 7.37. The van der Waals surface area contributed by atoms with Gasteiger partial charge in [0.05, 0.1) is 31.7 Å². The maximum atomic E-state index is 12.8. The van der Waals surface area contributed by atoms with Crippen LogP contribution in [0.25, 0.3) is 0 Å². The second kappa shape index (κ2) is 6.88. The summed E-state index contributed by atoms with van der Waals surface area (Å²) in [5.74, 6) is 0.409. The van der Waals surface area contributed by atoms with Crippen molar-refractivity contribution in [2.24, 2.45) is 7.05 Å². The monoisotopic (exact) mass is 352 g/mol. The van der Waals surface area contributed by atoms with Gasteiger partial charge in [0, 0.05) is 38.0 Å². The SMILES string of the molecule is CCOc1ccc(S(=O)(=O)N2CCO[C@@H](c3cnn(C)c3)C2)cn1. The predicted octanol–water partition coefficient (Wildman–Crippen LogP) is 0.976. The Morgan fingerprint density at radius 1 is 1.38 bits per heavy atom. The minimum absolute atomic E-state index is 0.151. The van der Waals surface area contributed by atoms with Crippen LogP contribution >= 0.6 is 0 Å². The molecule has 0 bridgehead atoms. The molecule has 1 aliphatic heterocycles. The highest BCUT2D eigenvalue weighted by atomic mass is 32.2. The summed E-state index contributed by atoms with van der Waals surface area (Å²) < 4.78 is 39.6. The number of aromatic nitrogens is 3. The lowest BCUT2D eigenvalue weighted by Gasteiger charge is -2.31. The van der Waals surface area contributed by atoms with Crippen LogP contribution in [0.3, 0.4) is 0 Å². The van der Waals surface area contributed by atoms with Crippen LogP contribution in [0.2, 0.25) is 0 Å². The molecular formula is C15H20N4O4S. The Balaban J connectivity index is 1.78. The van der Waals surface area contributed by atoms with Crippen LogP contribution in [0.5, 0.6) is 5.88 Å². The molecule has 0 saturated carbocycles. The van der Waals surface area contributed by atoms with Crippen LogP contribution in [0.4, 0.5) is 0 Å². The Kier molecular flexibility index (Phi) is 4.83. The number of aryl methyl sites for hydroxylation is 1. The van der Waals surface area contributed by atoms with Gasteiger partial charge in [-0.2, -0.15) is 9.40 Å². The molecule has 0 amide bonds. The first-order valence-corrected chi connectivity index (χ1v) is 9.14. The maximum Gasteiger partial charge on any atom is 0.244 e. The summed E-state index contributed by atoms with van der Waals surface area (Å²) in [7, 11) is -1.81. The highest BCUT2D eigenvalue weighted by Gasteiger charge is 2.32. The maximum absolute atomic E-state index is 12.8. The smallest absolute Gasteiger partial charge is 0.244 e. The first-order chi connectivity index (χ1) is 11.5. The molecule has 0 N–H and O–H groups in total. The molecule has 0 spiro atoms. The van der Waals surface area contributed by atoms with E-state index < -0.39 is 10.0 Å². The summed E-state index contributed by atoms with van der Waals surface area (Å²) in [5, 5.41) is 4.11. The summed E-state index contributed by atoms with van der Waals surface area (Å²) >= 11 is 0. The van der Waals surface area contributed by atoms with E-state index in [2.05, 4.69) is 10.1 Å². The molecular weight excluding hydrogens is 332 g/mol. The molecule has 9 heteroatoms. The van der Waals surface area contributed by atoms with Gasteiger partial charge in [-0.05, 0) is 13.0 Å². The molecule has 3 heterocycles. The number of morpholine rings is 1. The lowest BCUT2D eigenvalue weighted by molar-refractivity contribution is -0.00259. The Labute approximate surface area is 141 Å². The van der Waals surface area contributed by atoms with Gasteiger partial charge in [0.25, 0.3) is 0 Å². The largest absolute Gasteiger partial charge is 0.478 e. The molecule has 0 aromatic carbocycles. The van der Waals surface area contributed by atoms with Crippen LogP contribution in [-0.4, -0.2) is 53.8 Å². The standard InChI is InChI=1S/C15H20N4O4S/c1-3-22-15-5-4-13(9-16-15)24(20,21)19-6-7-23-14(11-19)12-8-17-18(2)10-12/h4-5,8-10,14H,3,6-7,11H2,1-2H3/t14-/m1/s1. The zero-order valence-corrected chi connectivity index (χ0v) is 14.4. The zero-order valence-electron chi connectivity index (χ0n) is 13.6. The molecule has 3 rings (SSSR count). The summed E-state index contributed by atoms with van der Waals surface area (Å²) in [6, 6.07) is 3.08. The number of ether oxygens (including phenoxy) is 2. The number of hydrogen-bond acceptors (Lipinski definition) is 6. The first-order valence-electron chi connectivity index (χ1n) is 7.70. The summed E-state index contributed by atoms with van der Waals surface area (Å²) in [4.78, 5) is 4.19. The van der Waals surface area contributed by atoms with Crippen LogP contribution in [0.1, 0.15) is 18.6 Å². The molecule has 8 nitrogen and oxygen atoms in total. The van der Waals surface area contributed by atoms with Gasteiger partial charge >= 0.3 is 0 Å². The molecule has 1 atom stereocenters. The molecule has 1 aliphatic rings. The van der Waals surface area contributed by atoms with E-state index in [9.17, 15) is 8.42 Å². The number of pyridine rings is 1. The Hall–Kier alpha value is -1.97. The number of rotatable bonds is 5. The van der Waals surface area contributed by atoms with Gasteiger partial charge < -0.3 is 9.47 Å². The molecule has 130 valence electrons. The van der Waals surface area contributed by atoms with Gasteiger partial charge in [0.2, 0.25) is 15.9 Å². The lowest BCUT2D eigenvalue weighted by Crippen LogP contribution is -2.42. The third kappa shape index (κ3) is 3.42. The highest BCUT2D eigenvalue weighted by Crippen LogP contribution is 2.26. The van der Waals surface area contributed by atoms with Gasteiger partial charge in [-0.25, -0.2) is 13.4 Å². The van der Waals surface area contributed by atoms with Crippen LogP contribution in [0, 0.1) is 0 Å². The van der Waals surface area contributed by atoms with Crippen molar-refractivity contribution in [2.45, 2.75) is 17.9 Å². The van der Waals surface area contributed by atoms with Gasteiger partial charge in [0.1, 0.15) is 4.90 Å². The summed E-state index contributed by atoms with van der Waals surface area (Å²) in [6.07, 6.45) is 4.53. The van der Waals surface area contributed by atoms with Gasteiger partial charge in [0.15, 0.2) is 0 Å². The van der Waals surface area contributed by atoms with Crippen LogP contribution in [-0.2, 0) is 21.8 Å². The van der Waals surface area contributed by atoms with E-state index in [0.717, 1.165) is 5.56 Å². The average molecular weight is 352 g/mol. The quantitative estimate of drug-likeness (QED) is 0.797. The first kappa shape index (κ1) is 16.9. The summed E-state index contributed by atoms with van der Waals surface area (Å²) in [5.41, 5.74) is 0.863. The van der Waals surface area contributed by atoms with E-state index in [1.807, 2.05) is 20.2 Å². The van der Waals surface area contributed by atoms with Gasteiger partial charge in [-0.1, -0.05) is 0 Å². The van der Waals surface area contributed by atoms with E-state index in [-0.39, 0.29) is 17.5 Å². The van der Waals surface area contributed by atoms with Crippen molar-refractivity contribution < 1.29 is 17.9 Å². The van der Waals surface area contributed by atoms with E-state index in [4.69, 9.17) is 9.47 Å². The van der Waals surface area contributed by atoms with E-state index in [1.54, 1.807) is 16.9 Å². The highest BCUT2D eigenvalue weighted by molar-refractivity contribution is 7.89. The molecule has 2 aromatic rings. The fourth-order valence-electron chi connectivity index (χ4n) is 2.55. The van der Waals surface area contributed by atoms with Gasteiger partial charge in [-0.3, -0.25) is 4.68 Å².